The van der Waals surface area contributed by atoms with Gasteiger partial charge in [0.2, 0.25) is 0 Å². The third-order valence-corrected chi connectivity index (χ3v) is 2.15. The molecule has 0 saturated heterocycles. The molecule has 0 saturated carbocycles. The van der Waals surface area contributed by atoms with Crippen LogP contribution in [0.2, 0.25) is 0 Å². The number of carboxylic acids is 1. The molecule has 0 aliphatic heterocycles. The second-order valence-electron chi connectivity index (χ2n) is 3.41. The van der Waals surface area contributed by atoms with Gasteiger partial charge >= 0.3 is 12.1 Å². The van der Waals surface area contributed by atoms with E-state index in [4.69, 9.17) is 9.52 Å². The van der Waals surface area contributed by atoms with Crippen molar-refractivity contribution in [3.8, 4) is 0 Å². The molecule has 17 heavy (non-hydrogen) atoms. The summed E-state index contributed by atoms with van der Waals surface area (Å²) in [5.41, 5.74) is -2.15. The lowest BCUT2D eigenvalue weighted by atomic mass is 10.1. The number of aromatic nitrogens is 1. The van der Waals surface area contributed by atoms with E-state index in [2.05, 4.69) is 4.98 Å². The third kappa shape index (κ3) is 1.95. The van der Waals surface area contributed by atoms with Crippen LogP contribution >= 0.6 is 0 Å². The number of aromatic carboxylic acids is 1. The van der Waals surface area contributed by atoms with Crippen LogP contribution in [0.15, 0.2) is 16.5 Å². The normalized spacial score (nSPS) is 12.0. The van der Waals surface area contributed by atoms with Gasteiger partial charge in [0.1, 0.15) is 5.52 Å². The minimum atomic E-state index is -4.67. The maximum atomic E-state index is 12.7. The average Bonchev–Trinajstić information content (AvgIpc) is 2.54. The van der Waals surface area contributed by atoms with E-state index in [1.807, 2.05) is 0 Å². The Bertz CT molecular complexity index is 601. The standard InChI is InChI=1S/C10H6F3NO3/c1-4-14-8-6(10(11,12)13)2-5(9(15)16)3-7(8)17-4/h2-3H,1H3,(H,15,16). The molecule has 2 aromatic rings. The topological polar surface area (TPSA) is 63.3 Å². The SMILES string of the molecule is Cc1nc2c(C(F)(F)F)cc(C(=O)O)cc2o1. The van der Waals surface area contributed by atoms with Crippen LogP contribution in [0.25, 0.3) is 11.1 Å². The van der Waals surface area contributed by atoms with E-state index in [0.29, 0.717) is 6.07 Å². The molecule has 0 aliphatic rings. The number of aryl methyl sites for hydroxylation is 1. The van der Waals surface area contributed by atoms with Crippen LogP contribution in [0.4, 0.5) is 13.2 Å². The van der Waals surface area contributed by atoms with Gasteiger partial charge in [-0.05, 0) is 12.1 Å². The number of rotatable bonds is 1. The van der Waals surface area contributed by atoms with E-state index < -0.39 is 23.3 Å². The molecule has 0 amide bonds. The highest BCUT2D eigenvalue weighted by Gasteiger charge is 2.35. The number of oxazole rings is 1. The summed E-state index contributed by atoms with van der Waals surface area (Å²) in [5, 5.41) is 8.71. The number of hydrogen-bond donors (Lipinski definition) is 1. The van der Waals surface area contributed by atoms with Crippen molar-refractivity contribution in [3.63, 3.8) is 0 Å². The van der Waals surface area contributed by atoms with Gasteiger partial charge in [0.15, 0.2) is 11.5 Å². The summed E-state index contributed by atoms with van der Waals surface area (Å²) in [5.74, 6) is -1.40. The number of fused-ring (bicyclic) bond motifs is 1. The number of nitrogens with zero attached hydrogens (tertiary/aromatic N) is 1. The van der Waals surface area contributed by atoms with Crippen molar-refractivity contribution in [2.45, 2.75) is 13.1 Å². The first-order valence-electron chi connectivity index (χ1n) is 4.50. The van der Waals surface area contributed by atoms with E-state index in [-0.39, 0.29) is 17.0 Å². The van der Waals surface area contributed by atoms with E-state index in [1.165, 1.54) is 6.92 Å². The summed E-state index contributed by atoms with van der Waals surface area (Å²) in [6.07, 6.45) is -4.67. The highest BCUT2D eigenvalue weighted by molar-refractivity contribution is 5.93. The fourth-order valence-electron chi connectivity index (χ4n) is 1.48. The van der Waals surface area contributed by atoms with Gasteiger partial charge in [-0.25, -0.2) is 9.78 Å². The molecule has 0 spiro atoms. The monoisotopic (exact) mass is 245 g/mol. The summed E-state index contributed by atoms with van der Waals surface area (Å²) in [4.78, 5) is 14.3. The zero-order valence-electron chi connectivity index (χ0n) is 8.50. The molecule has 1 N–H and O–H groups in total. The minimum Gasteiger partial charge on any atom is -0.478 e. The largest absolute Gasteiger partial charge is 0.478 e. The minimum absolute atomic E-state index is 0.0491. The lowest BCUT2D eigenvalue weighted by Crippen LogP contribution is -2.08. The van der Waals surface area contributed by atoms with E-state index in [0.717, 1.165) is 6.07 Å². The maximum Gasteiger partial charge on any atom is 0.418 e. The molecule has 0 aliphatic carbocycles. The Morgan fingerprint density at radius 3 is 2.59 bits per heavy atom. The second-order valence-corrected chi connectivity index (χ2v) is 3.41. The predicted molar refractivity (Wildman–Crippen MR) is 50.7 cm³/mol. The summed E-state index contributed by atoms with van der Waals surface area (Å²) in [6.45, 7) is 1.39. The van der Waals surface area contributed by atoms with Crippen molar-refractivity contribution in [2.75, 3.05) is 0 Å². The maximum absolute atomic E-state index is 12.7. The molecule has 1 heterocycles. The lowest BCUT2D eigenvalue weighted by molar-refractivity contribution is -0.136. The fraction of sp³-hybridized carbons (Fsp3) is 0.200. The third-order valence-electron chi connectivity index (χ3n) is 2.15. The molecule has 0 radical (unpaired) electrons. The molecule has 4 nitrogen and oxygen atoms in total. The average molecular weight is 245 g/mol. The molecule has 7 heteroatoms. The Kier molecular flexibility index (Phi) is 2.34. The highest BCUT2D eigenvalue weighted by Crippen LogP contribution is 2.35. The molecular formula is C10H6F3NO3. The number of hydrogen-bond acceptors (Lipinski definition) is 3. The van der Waals surface area contributed by atoms with Gasteiger partial charge in [0, 0.05) is 6.92 Å². The van der Waals surface area contributed by atoms with Crippen molar-refractivity contribution < 1.29 is 27.5 Å². The zero-order chi connectivity index (χ0) is 12.8. The molecule has 0 bridgehead atoms. The van der Waals surface area contributed by atoms with Crippen molar-refractivity contribution >= 4 is 17.1 Å². The Morgan fingerprint density at radius 1 is 1.41 bits per heavy atom. The van der Waals surface area contributed by atoms with Crippen molar-refractivity contribution in [3.05, 3.63) is 29.2 Å². The smallest absolute Gasteiger partial charge is 0.418 e. The van der Waals surface area contributed by atoms with Gasteiger partial charge < -0.3 is 9.52 Å². The van der Waals surface area contributed by atoms with Crippen LogP contribution in [0.5, 0.6) is 0 Å². The quantitative estimate of drug-likeness (QED) is 0.838. The molecule has 2 rings (SSSR count). The molecule has 1 aromatic carbocycles. The molecule has 0 atom stereocenters. The number of carbonyl (C=O) groups is 1. The van der Waals surface area contributed by atoms with Crippen LogP contribution in [-0.4, -0.2) is 16.1 Å². The first-order valence-corrected chi connectivity index (χ1v) is 4.50. The Balaban J connectivity index is 2.82. The van der Waals surface area contributed by atoms with Crippen LogP contribution < -0.4 is 0 Å². The van der Waals surface area contributed by atoms with Crippen LogP contribution in [0.1, 0.15) is 21.8 Å². The van der Waals surface area contributed by atoms with Gasteiger partial charge in [-0.1, -0.05) is 0 Å². The van der Waals surface area contributed by atoms with Gasteiger partial charge in [-0.2, -0.15) is 13.2 Å². The van der Waals surface area contributed by atoms with Gasteiger partial charge in [-0.3, -0.25) is 0 Å². The molecular weight excluding hydrogens is 239 g/mol. The summed E-state index contributed by atoms with van der Waals surface area (Å²) in [6, 6.07) is 1.57. The van der Waals surface area contributed by atoms with E-state index >= 15 is 0 Å². The van der Waals surface area contributed by atoms with Crippen LogP contribution in [0.3, 0.4) is 0 Å². The number of carboxylic acid groups (broad SMARTS) is 1. The van der Waals surface area contributed by atoms with Gasteiger partial charge in [0.25, 0.3) is 0 Å². The summed E-state index contributed by atoms with van der Waals surface area (Å²) >= 11 is 0. The number of alkyl halides is 3. The molecule has 1 aromatic heterocycles. The number of halogens is 3. The Hall–Kier alpha value is -2.05. The van der Waals surface area contributed by atoms with Gasteiger partial charge in [-0.15, -0.1) is 0 Å². The van der Waals surface area contributed by atoms with Gasteiger partial charge in [0.05, 0.1) is 11.1 Å². The lowest BCUT2D eigenvalue weighted by Gasteiger charge is -2.07. The van der Waals surface area contributed by atoms with Crippen molar-refractivity contribution in [1.82, 2.24) is 4.98 Å². The second kappa shape index (κ2) is 3.47. The first kappa shape index (κ1) is 11.4. The molecule has 0 fully saturated rings. The first-order chi connectivity index (χ1) is 7.79. The van der Waals surface area contributed by atoms with Crippen molar-refractivity contribution in [1.29, 1.82) is 0 Å². The Morgan fingerprint density at radius 2 is 2.06 bits per heavy atom. The van der Waals surface area contributed by atoms with Crippen LogP contribution in [0, 0.1) is 6.92 Å². The molecule has 0 unspecified atom stereocenters. The van der Waals surface area contributed by atoms with E-state index in [9.17, 15) is 18.0 Å². The van der Waals surface area contributed by atoms with E-state index in [1.54, 1.807) is 0 Å². The highest BCUT2D eigenvalue weighted by atomic mass is 19.4. The Labute approximate surface area is 92.7 Å². The predicted octanol–water partition coefficient (Wildman–Crippen LogP) is 2.85. The number of benzene rings is 1. The zero-order valence-corrected chi connectivity index (χ0v) is 8.50. The summed E-state index contributed by atoms with van der Waals surface area (Å²) < 4.78 is 43.0. The molecule has 90 valence electrons. The summed E-state index contributed by atoms with van der Waals surface area (Å²) in [7, 11) is 0. The van der Waals surface area contributed by atoms with Crippen molar-refractivity contribution in [2.24, 2.45) is 0 Å². The fourth-order valence-corrected chi connectivity index (χ4v) is 1.48. The van der Waals surface area contributed by atoms with Crippen LogP contribution in [-0.2, 0) is 6.18 Å².